The molecule has 29 heavy (non-hydrogen) atoms. The summed E-state index contributed by atoms with van der Waals surface area (Å²) in [5, 5.41) is 0. The number of allylic oxidation sites excluding steroid dienone is 1. The van der Waals surface area contributed by atoms with Crippen molar-refractivity contribution in [1.29, 1.82) is 0 Å². The molecule has 0 spiro atoms. The first-order valence-corrected chi connectivity index (χ1v) is 10.9. The van der Waals surface area contributed by atoms with Crippen LogP contribution in [-0.4, -0.2) is 18.1 Å². The summed E-state index contributed by atoms with van der Waals surface area (Å²) in [7, 11) is 0. The fourth-order valence-corrected chi connectivity index (χ4v) is 5.53. The summed E-state index contributed by atoms with van der Waals surface area (Å²) >= 11 is 0. The van der Waals surface area contributed by atoms with E-state index >= 15 is 0 Å². The van der Waals surface area contributed by atoms with E-state index in [-0.39, 0.29) is 17.3 Å². The van der Waals surface area contributed by atoms with Gasteiger partial charge in [-0.05, 0) is 49.2 Å². The lowest BCUT2D eigenvalue weighted by molar-refractivity contribution is -0.171. The summed E-state index contributed by atoms with van der Waals surface area (Å²) in [5.41, 5.74) is 8.55. The molecule has 3 aliphatic rings. The van der Waals surface area contributed by atoms with E-state index in [1.807, 2.05) is 12.1 Å². The van der Waals surface area contributed by atoms with Gasteiger partial charge in [0, 0.05) is 5.56 Å². The number of carbonyl (C=O) groups is 1. The van der Waals surface area contributed by atoms with Crippen molar-refractivity contribution >= 4 is 22.9 Å². The van der Waals surface area contributed by atoms with Gasteiger partial charge in [-0.2, -0.15) is 13.2 Å². The molecule has 1 heterocycles. The van der Waals surface area contributed by atoms with Crippen LogP contribution in [0.25, 0.3) is 5.57 Å². The highest BCUT2D eigenvalue weighted by molar-refractivity contribution is 6.05. The van der Waals surface area contributed by atoms with Gasteiger partial charge in [0.15, 0.2) is 0 Å². The predicted octanol–water partition coefficient (Wildman–Crippen LogP) is 6.09. The number of benzene rings is 1. The van der Waals surface area contributed by atoms with Crippen LogP contribution >= 0.6 is 0 Å². The molecule has 158 valence electrons. The van der Waals surface area contributed by atoms with Crippen molar-refractivity contribution in [3.8, 4) is 0 Å². The summed E-state index contributed by atoms with van der Waals surface area (Å²) in [6, 6.07) is 4.65. The molecule has 1 atom stereocenters. The van der Waals surface area contributed by atoms with Crippen LogP contribution in [0.2, 0.25) is 0 Å². The number of para-hydroxylation sites is 1. The molecule has 3 nitrogen and oxygen atoms in total. The molecule has 0 radical (unpaired) electrons. The molecule has 6 heteroatoms. The zero-order chi connectivity index (χ0) is 20.6. The predicted molar refractivity (Wildman–Crippen MR) is 109 cm³/mol. The number of nitrogens with two attached hydrogens (primary N) is 1. The van der Waals surface area contributed by atoms with Crippen LogP contribution in [0.3, 0.4) is 0 Å². The fourth-order valence-electron chi connectivity index (χ4n) is 5.53. The first kappa shape index (κ1) is 20.3. The molecule has 1 amide bonds. The summed E-state index contributed by atoms with van der Waals surface area (Å²) in [5.74, 6) is -1.42. The summed E-state index contributed by atoms with van der Waals surface area (Å²) < 4.78 is 40.8. The van der Waals surface area contributed by atoms with E-state index in [4.69, 9.17) is 5.73 Å². The van der Waals surface area contributed by atoms with Crippen LogP contribution in [0.1, 0.15) is 69.8 Å². The first-order chi connectivity index (χ1) is 13.9. The molecule has 1 unspecified atom stereocenters. The highest BCUT2D eigenvalue weighted by Crippen LogP contribution is 2.48. The average Bonchev–Trinajstić information content (AvgIpc) is 2.73. The zero-order valence-electron chi connectivity index (χ0n) is 16.7. The number of nitrogens with zero attached hydrogens (tertiary/aromatic N) is 1. The molecule has 4 rings (SSSR count). The van der Waals surface area contributed by atoms with Crippen LogP contribution in [0, 0.1) is 11.8 Å². The minimum atomic E-state index is -4.93. The van der Waals surface area contributed by atoms with Crippen LogP contribution in [0.4, 0.5) is 24.5 Å². The van der Waals surface area contributed by atoms with Crippen molar-refractivity contribution in [2.75, 3.05) is 10.6 Å². The number of alkyl halides is 3. The van der Waals surface area contributed by atoms with E-state index in [2.05, 4.69) is 0 Å². The van der Waals surface area contributed by atoms with Crippen molar-refractivity contribution in [2.24, 2.45) is 11.8 Å². The topological polar surface area (TPSA) is 46.3 Å². The molecule has 0 aromatic heterocycles. The van der Waals surface area contributed by atoms with Crippen molar-refractivity contribution in [1.82, 2.24) is 0 Å². The third-order valence-corrected chi connectivity index (χ3v) is 6.91. The van der Waals surface area contributed by atoms with E-state index < -0.39 is 18.1 Å². The molecule has 0 bridgehead atoms. The minimum Gasteiger partial charge on any atom is -0.397 e. The van der Waals surface area contributed by atoms with Crippen LogP contribution < -0.4 is 10.6 Å². The summed E-state index contributed by atoms with van der Waals surface area (Å²) in [6.45, 7) is 0. The number of carbonyl (C=O) groups excluding carboxylic acids is 1. The lowest BCUT2D eigenvalue weighted by Crippen LogP contribution is -2.52. The molecule has 2 N–H and O–H groups in total. The van der Waals surface area contributed by atoms with Gasteiger partial charge in [-0.25, -0.2) is 0 Å². The van der Waals surface area contributed by atoms with Crippen molar-refractivity contribution in [3.05, 3.63) is 29.8 Å². The molecule has 2 aliphatic carbocycles. The highest BCUT2D eigenvalue weighted by Gasteiger charge is 2.49. The van der Waals surface area contributed by atoms with Gasteiger partial charge in [-0.15, -0.1) is 0 Å². The molecule has 2 fully saturated rings. The first-order valence-electron chi connectivity index (χ1n) is 10.9. The second-order valence-electron chi connectivity index (χ2n) is 8.76. The molecular weight excluding hydrogens is 377 g/mol. The molecule has 2 saturated carbocycles. The Balaban J connectivity index is 1.85. The van der Waals surface area contributed by atoms with Gasteiger partial charge < -0.3 is 5.73 Å². The molecular formula is C23H29F3N2O. The van der Waals surface area contributed by atoms with Gasteiger partial charge in [-0.1, -0.05) is 56.7 Å². The fraction of sp³-hybridized carbons (Fsp3) is 0.609. The Morgan fingerprint density at radius 3 is 2.21 bits per heavy atom. The smallest absolute Gasteiger partial charge is 0.397 e. The van der Waals surface area contributed by atoms with Crippen molar-refractivity contribution < 1.29 is 18.0 Å². The van der Waals surface area contributed by atoms with E-state index in [1.54, 1.807) is 12.1 Å². The second kappa shape index (κ2) is 8.04. The van der Waals surface area contributed by atoms with Crippen LogP contribution in [-0.2, 0) is 4.79 Å². The molecule has 1 aromatic rings. The standard InChI is InChI=1S/C23H29F3N2O/c24-23(25,26)22(29)28-20(16-10-5-2-6-11-16)14-18(15-8-3-1-4-9-15)17-12-7-13-19(27)21(17)28/h7,12-16,20H,1-6,8-11,27H2. The number of nitrogen functional groups attached to an aromatic ring is 1. The lowest BCUT2D eigenvalue weighted by atomic mass is 9.74. The lowest BCUT2D eigenvalue weighted by Gasteiger charge is -2.43. The monoisotopic (exact) mass is 406 g/mol. The Kier molecular flexibility index (Phi) is 5.63. The number of anilines is 2. The maximum Gasteiger partial charge on any atom is 0.471 e. The number of fused-ring (bicyclic) bond motifs is 1. The summed E-state index contributed by atoms with van der Waals surface area (Å²) in [4.78, 5) is 13.6. The van der Waals surface area contributed by atoms with E-state index in [9.17, 15) is 18.0 Å². The number of amides is 1. The van der Waals surface area contributed by atoms with Crippen LogP contribution in [0.5, 0.6) is 0 Å². The highest BCUT2D eigenvalue weighted by atomic mass is 19.4. The van der Waals surface area contributed by atoms with Crippen molar-refractivity contribution in [3.63, 3.8) is 0 Å². The Labute approximate surface area is 170 Å². The summed E-state index contributed by atoms with van der Waals surface area (Å²) in [6.07, 6.45) is 7.45. The van der Waals surface area contributed by atoms with Gasteiger partial charge in [-0.3, -0.25) is 9.69 Å². The van der Waals surface area contributed by atoms with E-state index in [0.29, 0.717) is 11.5 Å². The van der Waals surface area contributed by atoms with E-state index in [0.717, 1.165) is 68.3 Å². The van der Waals surface area contributed by atoms with Gasteiger partial charge in [0.1, 0.15) is 0 Å². The zero-order valence-corrected chi connectivity index (χ0v) is 16.7. The minimum absolute atomic E-state index is 0.0430. The quantitative estimate of drug-likeness (QED) is 0.604. The molecule has 0 saturated heterocycles. The third-order valence-electron chi connectivity index (χ3n) is 6.91. The third kappa shape index (κ3) is 3.90. The van der Waals surface area contributed by atoms with Gasteiger partial charge in [0.25, 0.3) is 0 Å². The molecule has 1 aliphatic heterocycles. The van der Waals surface area contributed by atoms with E-state index in [1.165, 1.54) is 6.42 Å². The van der Waals surface area contributed by atoms with Gasteiger partial charge >= 0.3 is 12.1 Å². The van der Waals surface area contributed by atoms with Crippen LogP contribution in [0.15, 0.2) is 24.3 Å². The largest absolute Gasteiger partial charge is 0.471 e. The Hall–Kier alpha value is -1.98. The Morgan fingerprint density at radius 2 is 1.59 bits per heavy atom. The number of halogens is 3. The average molecular weight is 406 g/mol. The maximum absolute atomic E-state index is 13.6. The maximum atomic E-state index is 13.6. The normalized spacial score (nSPS) is 24.2. The van der Waals surface area contributed by atoms with Gasteiger partial charge in [0.05, 0.1) is 17.4 Å². The number of hydrogen-bond donors (Lipinski definition) is 1. The second-order valence-corrected chi connectivity index (χ2v) is 8.76. The number of hydrogen-bond acceptors (Lipinski definition) is 2. The SMILES string of the molecule is Nc1cccc2c1N(C(=O)C(F)(F)F)C(C1CCCCC1)C=C2C1CCCCC1. The van der Waals surface area contributed by atoms with Crippen molar-refractivity contribution in [2.45, 2.75) is 76.4 Å². The molecule has 1 aromatic carbocycles. The Bertz CT molecular complexity index is 790. The van der Waals surface area contributed by atoms with Gasteiger partial charge in [0.2, 0.25) is 0 Å². The Morgan fingerprint density at radius 1 is 0.966 bits per heavy atom. The number of rotatable bonds is 2.